The van der Waals surface area contributed by atoms with Gasteiger partial charge in [-0.1, -0.05) is 28.9 Å². The van der Waals surface area contributed by atoms with Crippen LogP contribution >= 0.6 is 11.6 Å². The predicted molar refractivity (Wildman–Crippen MR) is 78.8 cm³/mol. The van der Waals surface area contributed by atoms with E-state index in [1.54, 1.807) is 12.1 Å². The predicted octanol–water partition coefficient (Wildman–Crippen LogP) is 3.10. The van der Waals surface area contributed by atoms with E-state index in [0.29, 0.717) is 29.1 Å². The zero-order valence-electron chi connectivity index (χ0n) is 11.2. The van der Waals surface area contributed by atoms with Gasteiger partial charge in [0.25, 0.3) is 0 Å². The lowest BCUT2D eigenvalue weighted by atomic mass is 10.2. The van der Waals surface area contributed by atoms with Crippen LogP contribution in [0.4, 0.5) is 5.82 Å². The standard InChI is InChI=1S/C14H12ClN5O/c1-9-5-12(18-8-17-9)16-7-13-19-14(20-21-13)10-3-2-4-11(15)6-10/h2-6,8H,7H2,1H3,(H,16,17,18). The fourth-order valence-electron chi connectivity index (χ4n) is 1.79. The molecule has 2 heterocycles. The number of nitrogens with zero attached hydrogens (tertiary/aromatic N) is 4. The highest BCUT2D eigenvalue weighted by molar-refractivity contribution is 6.30. The minimum Gasteiger partial charge on any atom is -0.361 e. The SMILES string of the molecule is Cc1cc(NCc2nc(-c3cccc(Cl)c3)no2)ncn1. The Morgan fingerprint density at radius 3 is 2.95 bits per heavy atom. The van der Waals surface area contributed by atoms with E-state index in [2.05, 4.69) is 25.4 Å². The van der Waals surface area contributed by atoms with Gasteiger partial charge in [-0.3, -0.25) is 0 Å². The van der Waals surface area contributed by atoms with Crippen molar-refractivity contribution in [3.05, 3.63) is 53.3 Å². The van der Waals surface area contributed by atoms with Crippen molar-refractivity contribution in [2.24, 2.45) is 0 Å². The van der Waals surface area contributed by atoms with Crippen LogP contribution in [-0.2, 0) is 6.54 Å². The van der Waals surface area contributed by atoms with E-state index in [1.165, 1.54) is 6.33 Å². The Bertz CT molecular complexity index is 758. The molecule has 7 heteroatoms. The Hall–Kier alpha value is -2.47. The van der Waals surface area contributed by atoms with E-state index in [9.17, 15) is 0 Å². The second kappa shape index (κ2) is 5.88. The van der Waals surface area contributed by atoms with Gasteiger partial charge in [-0.2, -0.15) is 4.98 Å². The zero-order chi connectivity index (χ0) is 14.7. The van der Waals surface area contributed by atoms with Crippen LogP contribution in [-0.4, -0.2) is 20.1 Å². The summed E-state index contributed by atoms with van der Waals surface area (Å²) in [4.78, 5) is 12.5. The van der Waals surface area contributed by atoms with Crippen molar-refractivity contribution in [3.63, 3.8) is 0 Å². The van der Waals surface area contributed by atoms with Crippen LogP contribution < -0.4 is 5.32 Å². The monoisotopic (exact) mass is 301 g/mol. The molecule has 1 aromatic carbocycles. The first-order chi connectivity index (χ1) is 10.2. The summed E-state index contributed by atoms with van der Waals surface area (Å²) in [6.45, 7) is 2.29. The molecule has 106 valence electrons. The van der Waals surface area contributed by atoms with Crippen molar-refractivity contribution in [2.45, 2.75) is 13.5 Å². The molecule has 2 aromatic heterocycles. The minimum atomic E-state index is 0.393. The maximum atomic E-state index is 5.94. The van der Waals surface area contributed by atoms with E-state index >= 15 is 0 Å². The van der Waals surface area contributed by atoms with E-state index in [4.69, 9.17) is 16.1 Å². The number of hydrogen-bond donors (Lipinski definition) is 1. The molecular weight excluding hydrogens is 290 g/mol. The molecule has 1 N–H and O–H groups in total. The lowest BCUT2D eigenvalue weighted by Gasteiger charge is -2.01. The fourth-order valence-corrected chi connectivity index (χ4v) is 1.98. The average molecular weight is 302 g/mol. The summed E-state index contributed by atoms with van der Waals surface area (Å²) in [6, 6.07) is 9.15. The number of aryl methyl sites for hydroxylation is 1. The molecule has 3 aromatic rings. The Labute approximate surface area is 126 Å². The molecule has 0 amide bonds. The van der Waals surface area contributed by atoms with Crippen LogP contribution in [0.2, 0.25) is 5.02 Å². The smallest absolute Gasteiger partial charge is 0.246 e. The molecule has 0 unspecified atom stereocenters. The molecule has 0 spiro atoms. The summed E-state index contributed by atoms with van der Waals surface area (Å²) in [5, 5.41) is 7.68. The Kier molecular flexibility index (Phi) is 3.79. The van der Waals surface area contributed by atoms with Crippen LogP contribution in [0, 0.1) is 6.92 Å². The average Bonchev–Trinajstić information content (AvgIpc) is 2.94. The van der Waals surface area contributed by atoms with Crippen LogP contribution in [0.5, 0.6) is 0 Å². The summed E-state index contributed by atoms with van der Waals surface area (Å²) >= 11 is 5.94. The lowest BCUT2D eigenvalue weighted by Crippen LogP contribution is -2.02. The third-order valence-corrected chi connectivity index (χ3v) is 3.01. The van der Waals surface area contributed by atoms with E-state index in [0.717, 1.165) is 11.3 Å². The zero-order valence-corrected chi connectivity index (χ0v) is 12.0. The van der Waals surface area contributed by atoms with Gasteiger partial charge >= 0.3 is 0 Å². The quantitative estimate of drug-likeness (QED) is 0.798. The van der Waals surface area contributed by atoms with E-state index < -0.39 is 0 Å². The molecule has 0 atom stereocenters. The van der Waals surface area contributed by atoms with Crippen LogP contribution in [0.25, 0.3) is 11.4 Å². The summed E-state index contributed by atoms with van der Waals surface area (Å²) < 4.78 is 5.20. The van der Waals surface area contributed by atoms with Gasteiger partial charge in [0.05, 0.1) is 6.54 Å². The first-order valence-corrected chi connectivity index (χ1v) is 6.69. The number of benzene rings is 1. The van der Waals surface area contributed by atoms with Gasteiger partial charge in [0.1, 0.15) is 12.1 Å². The third-order valence-electron chi connectivity index (χ3n) is 2.78. The topological polar surface area (TPSA) is 76.7 Å². The van der Waals surface area contributed by atoms with Gasteiger partial charge in [0.15, 0.2) is 0 Å². The highest BCUT2D eigenvalue weighted by atomic mass is 35.5. The number of halogens is 1. The Morgan fingerprint density at radius 2 is 2.14 bits per heavy atom. The van der Waals surface area contributed by atoms with E-state index in [1.807, 2.05) is 25.1 Å². The van der Waals surface area contributed by atoms with E-state index in [-0.39, 0.29) is 0 Å². The Balaban J connectivity index is 1.71. The molecule has 0 radical (unpaired) electrons. The largest absolute Gasteiger partial charge is 0.361 e. The maximum Gasteiger partial charge on any atom is 0.246 e. The molecule has 0 saturated carbocycles. The molecule has 6 nitrogen and oxygen atoms in total. The van der Waals surface area contributed by atoms with Crippen molar-refractivity contribution in [1.29, 1.82) is 0 Å². The molecule has 3 rings (SSSR count). The highest BCUT2D eigenvalue weighted by Gasteiger charge is 2.09. The van der Waals surface area contributed by atoms with Crippen molar-refractivity contribution >= 4 is 17.4 Å². The molecule has 0 fully saturated rings. The maximum absolute atomic E-state index is 5.94. The number of nitrogens with one attached hydrogen (secondary N) is 1. The summed E-state index contributed by atoms with van der Waals surface area (Å²) in [6.07, 6.45) is 1.50. The molecule has 21 heavy (non-hydrogen) atoms. The third kappa shape index (κ3) is 3.35. The fraction of sp³-hybridized carbons (Fsp3) is 0.143. The van der Waals surface area contributed by atoms with Gasteiger partial charge in [0.2, 0.25) is 11.7 Å². The number of anilines is 1. The van der Waals surface area contributed by atoms with Crippen molar-refractivity contribution in [1.82, 2.24) is 20.1 Å². The first kappa shape index (κ1) is 13.5. The van der Waals surface area contributed by atoms with Crippen LogP contribution in [0.3, 0.4) is 0 Å². The summed E-state index contributed by atoms with van der Waals surface area (Å²) in [7, 11) is 0. The molecular formula is C14H12ClN5O. The first-order valence-electron chi connectivity index (χ1n) is 6.32. The second-order valence-corrected chi connectivity index (χ2v) is 4.86. The number of aromatic nitrogens is 4. The molecule has 0 saturated heterocycles. The number of rotatable bonds is 4. The van der Waals surface area contributed by atoms with Crippen molar-refractivity contribution in [2.75, 3.05) is 5.32 Å². The number of hydrogen-bond acceptors (Lipinski definition) is 6. The summed E-state index contributed by atoms with van der Waals surface area (Å²) in [5.41, 5.74) is 1.70. The van der Waals surface area contributed by atoms with Crippen molar-refractivity contribution < 1.29 is 4.52 Å². The van der Waals surface area contributed by atoms with Crippen LogP contribution in [0.1, 0.15) is 11.6 Å². The van der Waals surface area contributed by atoms with Crippen LogP contribution in [0.15, 0.2) is 41.2 Å². The van der Waals surface area contributed by atoms with Gasteiger partial charge in [-0.25, -0.2) is 9.97 Å². The van der Waals surface area contributed by atoms with Gasteiger partial charge in [-0.05, 0) is 19.1 Å². The normalized spacial score (nSPS) is 10.6. The molecule has 0 aliphatic carbocycles. The molecule has 0 aliphatic rings. The minimum absolute atomic E-state index is 0.393. The Morgan fingerprint density at radius 1 is 1.24 bits per heavy atom. The lowest BCUT2D eigenvalue weighted by molar-refractivity contribution is 0.384. The van der Waals surface area contributed by atoms with Gasteiger partial charge < -0.3 is 9.84 Å². The van der Waals surface area contributed by atoms with Gasteiger partial charge in [0, 0.05) is 22.3 Å². The highest BCUT2D eigenvalue weighted by Crippen LogP contribution is 2.20. The second-order valence-electron chi connectivity index (χ2n) is 4.42. The summed E-state index contributed by atoms with van der Waals surface area (Å²) in [5.74, 6) is 1.69. The van der Waals surface area contributed by atoms with Crippen molar-refractivity contribution in [3.8, 4) is 11.4 Å². The molecule has 0 aliphatic heterocycles. The molecule has 0 bridgehead atoms. The van der Waals surface area contributed by atoms with Gasteiger partial charge in [-0.15, -0.1) is 0 Å².